The van der Waals surface area contributed by atoms with Crippen molar-refractivity contribution in [1.82, 2.24) is 4.31 Å². The summed E-state index contributed by atoms with van der Waals surface area (Å²) in [6, 6.07) is 14.1. The summed E-state index contributed by atoms with van der Waals surface area (Å²) in [4.78, 5) is 0.256. The minimum absolute atomic E-state index is 0.0915. The highest BCUT2D eigenvalue weighted by Gasteiger charge is 2.22. The first-order chi connectivity index (χ1) is 12.0. The summed E-state index contributed by atoms with van der Waals surface area (Å²) in [7, 11) is -2.00. The maximum Gasteiger partial charge on any atom is 0.244 e. The molecule has 0 aliphatic heterocycles. The molecule has 0 aromatic heterocycles. The zero-order valence-corrected chi connectivity index (χ0v) is 15.2. The molecule has 130 valence electrons. The SMILES string of the molecule is C=CCN(CC#Cc1ccc(OC)cc1)S(=O)(=O)c1ccc(C)cc1. The van der Waals surface area contributed by atoms with E-state index >= 15 is 0 Å². The Kier molecular flexibility index (Phi) is 6.40. The molecule has 0 bridgehead atoms. The Morgan fingerprint density at radius 3 is 2.32 bits per heavy atom. The third kappa shape index (κ3) is 4.96. The Morgan fingerprint density at radius 2 is 1.76 bits per heavy atom. The second-order valence-electron chi connectivity index (χ2n) is 5.43. The van der Waals surface area contributed by atoms with Crippen LogP contribution < -0.4 is 4.74 Å². The largest absolute Gasteiger partial charge is 0.497 e. The number of nitrogens with zero attached hydrogens (tertiary/aromatic N) is 1. The minimum Gasteiger partial charge on any atom is -0.497 e. The van der Waals surface area contributed by atoms with Crippen molar-refractivity contribution in [3.8, 4) is 17.6 Å². The number of aryl methyl sites for hydroxylation is 1. The van der Waals surface area contributed by atoms with Gasteiger partial charge in [-0.05, 0) is 43.3 Å². The van der Waals surface area contributed by atoms with Crippen LogP contribution in [-0.2, 0) is 10.0 Å². The molecule has 0 amide bonds. The molecule has 2 aromatic rings. The van der Waals surface area contributed by atoms with E-state index in [0.717, 1.165) is 16.9 Å². The normalized spacial score (nSPS) is 10.8. The molecule has 0 unspecified atom stereocenters. The smallest absolute Gasteiger partial charge is 0.244 e. The van der Waals surface area contributed by atoms with Crippen LogP contribution in [0.1, 0.15) is 11.1 Å². The quantitative estimate of drug-likeness (QED) is 0.590. The van der Waals surface area contributed by atoms with Crippen molar-refractivity contribution in [2.45, 2.75) is 11.8 Å². The lowest BCUT2D eigenvalue weighted by atomic mass is 10.2. The summed E-state index contributed by atoms with van der Waals surface area (Å²) in [5.41, 5.74) is 1.81. The Hall–Kier alpha value is -2.55. The fraction of sp³-hybridized carbons (Fsp3) is 0.200. The molecule has 0 aliphatic rings. The maximum atomic E-state index is 12.8. The van der Waals surface area contributed by atoms with E-state index in [1.54, 1.807) is 37.5 Å². The number of sulfonamides is 1. The predicted octanol–water partition coefficient (Wildman–Crippen LogP) is 3.23. The Balaban J connectivity index is 2.19. The van der Waals surface area contributed by atoms with Gasteiger partial charge in [0.05, 0.1) is 18.6 Å². The van der Waals surface area contributed by atoms with Gasteiger partial charge in [-0.1, -0.05) is 35.6 Å². The van der Waals surface area contributed by atoms with Crippen LogP contribution in [0.25, 0.3) is 0 Å². The lowest BCUT2D eigenvalue weighted by molar-refractivity contribution is 0.415. The van der Waals surface area contributed by atoms with E-state index in [4.69, 9.17) is 4.74 Å². The van der Waals surface area contributed by atoms with E-state index in [2.05, 4.69) is 18.4 Å². The third-order valence-electron chi connectivity index (χ3n) is 3.57. The molecule has 0 N–H and O–H groups in total. The maximum absolute atomic E-state index is 12.8. The van der Waals surface area contributed by atoms with Gasteiger partial charge in [0.25, 0.3) is 0 Å². The summed E-state index contributed by atoms with van der Waals surface area (Å²) in [5.74, 6) is 6.64. The molecule has 4 nitrogen and oxygen atoms in total. The standard InChI is InChI=1S/C20H21NO3S/c1-4-15-21(25(22,23)20-13-7-17(2)8-14-20)16-5-6-18-9-11-19(24-3)12-10-18/h4,7-14H,1,15-16H2,2-3H3. The number of hydrogen-bond donors (Lipinski definition) is 0. The number of methoxy groups -OCH3 is 1. The van der Waals surface area contributed by atoms with Crippen molar-refractivity contribution in [2.24, 2.45) is 0 Å². The van der Waals surface area contributed by atoms with Crippen molar-refractivity contribution in [2.75, 3.05) is 20.2 Å². The van der Waals surface area contributed by atoms with Gasteiger partial charge in [0.1, 0.15) is 5.75 Å². The van der Waals surface area contributed by atoms with Crippen LogP contribution >= 0.6 is 0 Å². The molecule has 0 spiro atoms. The highest BCUT2D eigenvalue weighted by atomic mass is 32.2. The molecule has 0 radical (unpaired) electrons. The number of benzene rings is 2. The lowest BCUT2D eigenvalue weighted by Crippen LogP contribution is -2.31. The molecule has 0 fully saturated rings. The molecule has 0 atom stereocenters. The average Bonchev–Trinajstić information content (AvgIpc) is 2.62. The summed E-state index contributed by atoms with van der Waals surface area (Å²) in [5, 5.41) is 0. The van der Waals surface area contributed by atoms with Crippen LogP contribution in [0.15, 0.2) is 66.1 Å². The topological polar surface area (TPSA) is 46.6 Å². The average molecular weight is 355 g/mol. The van der Waals surface area contributed by atoms with Gasteiger partial charge in [0, 0.05) is 12.1 Å². The van der Waals surface area contributed by atoms with Gasteiger partial charge in [0.15, 0.2) is 0 Å². The fourth-order valence-corrected chi connectivity index (χ4v) is 3.47. The summed E-state index contributed by atoms with van der Waals surface area (Å²) >= 11 is 0. The molecular formula is C20H21NO3S. The van der Waals surface area contributed by atoms with Gasteiger partial charge in [-0.25, -0.2) is 8.42 Å². The second kappa shape index (κ2) is 8.52. The van der Waals surface area contributed by atoms with Crippen LogP contribution in [0, 0.1) is 18.8 Å². The molecule has 5 heteroatoms. The highest BCUT2D eigenvalue weighted by molar-refractivity contribution is 7.89. The van der Waals surface area contributed by atoms with Gasteiger partial charge in [-0.15, -0.1) is 6.58 Å². The minimum atomic E-state index is -3.61. The third-order valence-corrected chi connectivity index (χ3v) is 5.40. The Morgan fingerprint density at radius 1 is 1.12 bits per heavy atom. The van der Waals surface area contributed by atoms with Crippen molar-refractivity contribution in [3.05, 3.63) is 72.3 Å². The van der Waals surface area contributed by atoms with E-state index in [-0.39, 0.29) is 18.0 Å². The molecule has 2 aromatic carbocycles. The van der Waals surface area contributed by atoms with Crippen LogP contribution in [-0.4, -0.2) is 32.9 Å². The zero-order chi connectivity index (χ0) is 18.3. The Labute approximate surface area is 149 Å². The molecular weight excluding hydrogens is 334 g/mol. The van der Waals surface area contributed by atoms with E-state index < -0.39 is 10.0 Å². The number of hydrogen-bond acceptors (Lipinski definition) is 3. The number of ether oxygens (including phenoxy) is 1. The monoisotopic (exact) mass is 355 g/mol. The van der Waals surface area contributed by atoms with Crippen LogP contribution in [0.2, 0.25) is 0 Å². The van der Waals surface area contributed by atoms with E-state index in [0.29, 0.717) is 0 Å². The molecule has 0 saturated heterocycles. The first-order valence-corrected chi connectivity index (χ1v) is 9.22. The van der Waals surface area contributed by atoms with Crippen LogP contribution in [0.4, 0.5) is 0 Å². The summed E-state index contributed by atoms with van der Waals surface area (Å²) < 4.78 is 31.9. The Bertz CT molecular complexity index is 873. The number of rotatable bonds is 6. The van der Waals surface area contributed by atoms with E-state index in [1.807, 2.05) is 31.2 Å². The van der Waals surface area contributed by atoms with Gasteiger partial charge in [-0.3, -0.25) is 0 Å². The second-order valence-corrected chi connectivity index (χ2v) is 7.37. The van der Waals surface area contributed by atoms with Gasteiger partial charge in [0.2, 0.25) is 10.0 Å². The summed E-state index contributed by atoms with van der Waals surface area (Å²) in [6.07, 6.45) is 1.56. The summed E-state index contributed by atoms with van der Waals surface area (Å²) in [6.45, 7) is 5.85. The molecule has 0 heterocycles. The first-order valence-electron chi connectivity index (χ1n) is 7.78. The molecule has 0 aliphatic carbocycles. The van der Waals surface area contributed by atoms with Crippen molar-refractivity contribution < 1.29 is 13.2 Å². The van der Waals surface area contributed by atoms with Crippen LogP contribution in [0.3, 0.4) is 0 Å². The first kappa shape index (κ1) is 18.8. The van der Waals surface area contributed by atoms with E-state index in [9.17, 15) is 8.42 Å². The van der Waals surface area contributed by atoms with Crippen molar-refractivity contribution in [1.29, 1.82) is 0 Å². The van der Waals surface area contributed by atoms with Gasteiger partial charge < -0.3 is 4.74 Å². The van der Waals surface area contributed by atoms with Gasteiger partial charge in [-0.2, -0.15) is 4.31 Å². The molecule has 0 saturated carbocycles. The molecule has 2 rings (SSSR count). The predicted molar refractivity (Wildman–Crippen MR) is 100 cm³/mol. The fourth-order valence-electron chi connectivity index (χ4n) is 2.16. The molecule has 25 heavy (non-hydrogen) atoms. The van der Waals surface area contributed by atoms with Crippen molar-refractivity contribution in [3.63, 3.8) is 0 Å². The van der Waals surface area contributed by atoms with Gasteiger partial charge >= 0.3 is 0 Å². The van der Waals surface area contributed by atoms with E-state index in [1.165, 1.54) is 4.31 Å². The zero-order valence-electron chi connectivity index (χ0n) is 14.4. The van der Waals surface area contributed by atoms with Crippen molar-refractivity contribution >= 4 is 10.0 Å². The highest BCUT2D eigenvalue weighted by Crippen LogP contribution is 2.16. The van der Waals surface area contributed by atoms with Crippen LogP contribution in [0.5, 0.6) is 5.75 Å². The lowest BCUT2D eigenvalue weighted by Gasteiger charge is -2.18.